The Balaban J connectivity index is 1.97. The Morgan fingerprint density at radius 3 is 2.61 bits per heavy atom. The normalized spacial score (nSPS) is 21.1. The van der Waals surface area contributed by atoms with Crippen molar-refractivity contribution in [2.24, 2.45) is 10.7 Å². The topological polar surface area (TPSA) is 118 Å². The minimum atomic E-state index is -3.80. The summed E-state index contributed by atoms with van der Waals surface area (Å²) in [5.74, 6) is -2.61. The number of benzene rings is 1. The van der Waals surface area contributed by atoms with Gasteiger partial charge in [-0.25, -0.2) is 31.5 Å². The number of hydrogen-bond donors (Lipinski definition) is 2. The molecule has 0 saturated carbocycles. The first-order valence-electron chi connectivity index (χ1n) is 8.07. The molecule has 0 fully saturated rings. The van der Waals surface area contributed by atoms with E-state index in [0.29, 0.717) is 0 Å². The second kappa shape index (κ2) is 6.82. The third kappa shape index (κ3) is 3.65. The van der Waals surface area contributed by atoms with Gasteiger partial charge in [0.25, 0.3) is 5.91 Å². The van der Waals surface area contributed by atoms with Crippen LogP contribution in [-0.4, -0.2) is 42.4 Å². The van der Waals surface area contributed by atoms with E-state index in [2.05, 4.69) is 15.3 Å². The maximum Gasteiger partial charge on any atom is 0.256 e. The Labute approximate surface area is 160 Å². The van der Waals surface area contributed by atoms with Crippen molar-refractivity contribution in [1.82, 2.24) is 9.29 Å². The number of sulfonamides is 1. The number of rotatable bonds is 3. The summed E-state index contributed by atoms with van der Waals surface area (Å²) in [6, 6.07) is 5.89. The average Bonchev–Trinajstić information content (AvgIpc) is 2.61. The standard InChI is InChI=1S/C17H17F2N5O3S/c1-17(9-28(26,27)24(2)16(20)23-17)12-7-10(3-5-13(12)19)15(25)22-14-6-4-11(18)8-21-14/h3-8H,9H2,1-2H3,(H2,20,23)(H,21,22,25)/t17-/m0/s1. The first-order valence-corrected chi connectivity index (χ1v) is 9.68. The van der Waals surface area contributed by atoms with Crippen molar-refractivity contribution in [3.05, 3.63) is 59.3 Å². The molecule has 0 spiro atoms. The number of halogens is 2. The molecular formula is C17H17F2N5O3S. The van der Waals surface area contributed by atoms with E-state index in [-0.39, 0.29) is 22.9 Å². The van der Waals surface area contributed by atoms with Crippen molar-refractivity contribution in [1.29, 1.82) is 0 Å². The summed E-state index contributed by atoms with van der Waals surface area (Å²) in [7, 11) is -2.55. The largest absolute Gasteiger partial charge is 0.369 e. The number of nitrogens with one attached hydrogen (secondary N) is 1. The van der Waals surface area contributed by atoms with Crippen LogP contribution in [0.25, 0.3) is 0 Å². The van der Waals surface area contributed by atoms with Crippen LogP contribution in [0.4, 0.5) is 14.6 Å². The van der Waals surface area contributed by atoms with Crippen molar-refractivity contribution < 1.29 is 22.0 Å². The lowest BCUT2D eigenvalue weighted by molar-refractivity contribution is 0.102. The molecule has 28 heavy (non-hydrogen) atoms. The Kier molecular flexibility index (Phi) is 4.79. The molecule has 0 bridgehead atoms. The molecular weight excluding hydrogens is 392 g/mol. The predicted molar refractivity (Wildman–Crippen MR) is 99.1 cm³/mol. The lowest BCUT2D eigenvalue weighted by Crippen LogP contribution is -2.50. The molecule has 1 aromatic carbocycles. The third-order valence-electron chi connectivity index (χ3n) is 4.34. The summed E-state index contributed by atoms with van der Waals surface area (Å²) in [5.41, 5.74) is 4.13. The van der Waals surface area contributed by atoms with Gasteiger partial charge in [0.05, 0.1) is 11.9 Å². The fourth-order valence-corrected chi connectivity index (χ4v) is 4.26. The highest BCUT2D eigenvalue weighted by atomic mass is 32.2. The van der Waals surface area contributed by atoms with Gasteiger partial charge >= 0.3 is 0 Å². The summed E-state index contributed by atoms with van der Waals surface area (Å²) in [6.07, 6.45) is 0.938. The number of pyridine rings is 1. The van der Waals surface area contributed by atoms with Crippen molar-refractivity contribution in [3.8, 4) is 0 Å². The molecule has 11 heteroatoms. The second-order valence-corrected chi connectivity index (χ2v) is 8.48. The van der Waals surface area contributed by atoms with Gasteiger partial charge in [0.15, 0.2) is 0 Å². The molecule has 1 amide bonds. The van der Waals surface area contributed by atoms with E-state index in [4.69, 9.17) is 5.73 Å². The molecule has 3 rings (SSSR count). The molecule has 148 valence electrons. The fraction of sp³-hybridized carbons (Fsp3) is 0.235. The molecule has 1 aliphatic heterocycles. The van der Waals surface area contributed by atoms with E-state index < -0.39 is 38.9 Å². The van der Waals surface area contributed by atoms with Crippen molar-refractivity contribution in [3.63, 3.8) is 0 Å². The number of guanidine groups is 1. The van der Waals surface area contributed by atoms with Gasteiger partial charge in [-0.3, -0.25) is 4.79 Å². The van der Waals surface area contributed by atoms with Crippen molar-refractivity contribution >= 4 is 27.7 Å². The van der Waals surface area contributed by atoms with Gasteiger partial charge < -0.3 is 11.1 Å². The lowest BCUT2D eigenvalue weighted by atomic mass is 9.92. The summed E-state index contributed by atoms with van der Waals surface area (Å²) in [6.45, 7) is 1.42. The van der Waals surface area contributed by atoms with Crippen molar-refractivity contribution in [2.45, 2.75) is 12.5 Å². The summed E-state index contributed by atoms with van der Waals surface area (Å²) < 4.78 is 52.9. The molecule has 0 radical (unpaired) electrons. The van der Waals surface area contributed by atoms with Gasteiger partial charge in [-0.2, -0.15) is 0 Å². The Morgan fingerprint density at radius 2 is 2.00 bits per heavy atom. The van der Waals surface area contributed by atoms with Crippen LogP contribution < -0.4 is 11.1 Å². The van der Waals surface area contributed by atoms with Crippen LogP contribution in [-0.2, 0) is 15.6 Å². The molecule has 3 N–H and O–H groups in total. The summed E-state index contributed by atoms with van der Waals surface area (Å²) in [5, 5.41) is 2.45. The van der Waals surface area contributed by atoms with Gasteiger partial charge in [0.1, 0.15) is 23.0 Å². The van der Waals surface area contributed by atoms with Gasteiger partial charge in [0, 0.05) is 18.2 Å². The van der Waals surface area contributed by atoms with E-state index in [1.807, 2.05) is 0 Å². The second-order valence-electron chi connectivity index (χ2n) is 6.48. The van der Waals surface area contributed by atoms with E-state index in [9.17, 15) is 22.0 Å². The number of hydrogen-bond acceptors (Lipinski definition) is 6. The highest BCUT2D eigenvalue weighted by molar-refractivity contribution is 7.89. The van der Waals surface area contributed by atoms with E-state index >= 15 is 0 Å². The molecule has 0 unspecified atom stereocenters. The molecule has 2 heterocycles. The first kappa shape index (κ1) is 19.7. The molecule has 2 aromatic rings. The van der Waals surface area contributed by atoms with Gasteiger partial charge in [-0.15, -0.1) is 0 Å². The number of nitrogens with two attached hydrogens (primary N) is 1. The zero-order valence-electron chi connectivity index (χ0n) is 15.0. The van der Waals surface area contributed by atoms with Crippen LogP contribution in [0.5, 0.6) is 0 Å². The Bertz CT molecular complexity index is 1070. The lowest BCUT2D eigenvalue weighted by Gasteiger charge is -2.34. The number of nitrogens with zero attached hydrogens (tertiary/aromatic N) is 3. The Morgan fingerprint density at radius 1 is 1.29 bits per heavy atom. The van der Waals surface area contributed by atoms with Gasteiger partial charge in [-0.05, 0) is 37.3 Å². The Hall–Kier alpha value is -3.08. The van der Waals surface area contributed by atoms with Crippen molar-refractivity contribution in [2.75, 3.05) is 18.1 Å². The molecule has 8 nitrogen and oxygen atoms in total. The summed E-state index contributed by atoms with van der Waals surface area (Å²) in [4.78, 5) is 20.3. The monoisotopic (exact) mass is 409 g/mol. The highest BCUT2D eigenvalue weighted by Gasteiger charge is 2.41. The van der Waals surface area contributed by atoms with Crippen LogP contribution in [0, 0.1) is 11.6 Å². The number of anilines is 1. The van der Waals surface area contributed by atoms with Crippen LogP contribution in [0.15, 0.2) is 41.5 Å². The maximum atomic E-state index is 14.5. The number of aliphatic imine (C=N–C) groups is 1. The minimum Gasteiger partial charge on any atom is -0.369 e. The zero-order chi connectivity index (χ0) is 20.7. The molecule has 0 saturated heterocycles. The van der Waals surface area contributed by atoms with Crippen LogP contribution in [0.1, 0.15) is 22.8 Å². The quantitative estimate of drug-likeness (QED) is 0.795. The molecule has 1 atom stereocenters. The third-order valence-corrected chi connectivity index (χ3v) is 6.29. The molecule has 0 aliphatic carbocycles. The van der Waals surface area contributed by atoms with Gasteiger partial charge in [-0.1, -0.05) is 0 Å². The zero-order valence-corrected chi connectivity index (χ0v) is 15.8. The van der Waals surface area contributed by atoms with Crippen LogP contribution in [0.3, 0.4) is 0 Å². The SMILES string of the molecule is CN1C(N)=N[C@](C)(c2cc(C(=O)Nc3ccc(F)cn3)ccc2F)CS1(=O)=O. The fourth-order valence-electron chi connectivity index (χ4n) is 2.81. The van der Waals surface area contributed by atoms with E-state index in [1.54, 1.807) is 0 Å². The molecule has 1 aliphatic rings. The van der Waals surface area contributed by atoms with E-state index in [1.165, 1.54) is 32.2 Å². The summed E-state index contributed by atoms with van der Waals surface area (Å²) >= 11 is 0. The smallest absolute Gasteiger partial charge is 0.256 e. The average molecular weight is 409 g/mol. The maximum absolute atomic E-state index is 14.5. The number of amides is 1. The number of carbonyl (C=O) groups excluding carboxylic acids is 1. The number of carbonyl (C=O) groups is 1. The number of aromatic nitrogens is 1. The molecule has 1 aromatic heterocycles. The van der Waals surface area contributed by atoms with Gasteiger partial charge in [0.2, 0.25) is 16.0 Å². The predicted octanol–water partition coefficient (Wildman–Crippen LogP) is 1.42. The minimum absolute atomic E-state index is 0.0499. The van der Waals surface area contributed by atoms with Crippen LogP contribution >= 0.6 is 0 Å². The first-order chi connectivity index (χ1) is 13.0. The highest BCUT2D eigenvalue weighted by Crippen LogP contribution is 2.34. The van der Waals surface area contributed by atoms with Crippen LogP contribution in [0.2, 0.25) is 0 Å². The van der Waals surface area contributed by atoms with E-state index in [0.717, 1.165) is 22.6 Å².